The largest absolute Gasteiger partial charge is 0.273 e. The molecule has 0 fully saturated rings. The summed E-state index contributed by atoms with van der Waals surface area (Å²) in [5, 5.41) is 4.15. The minimum Gasteiger partial charge on any atom is -0.273 e. The Hall–Kier alpha value is -1.16. The molecule has 0 radical (unpaired) electrons. The molecule has 1 heterocycles. The highest BCUT2D eigenvalue weighted by Gasteiger charge is 2.03. The van der Waals surface area contributed by atoms with Crippen LogP contribution in [-0.2, 0) is 4.79 Å². The van der Waals surface area contributed by atoms with E-state index in [-0.39, 0.29) is 5.91 Å². The van der Waals surface area contributed by atoms with Gasteiger partial charge < -0.3 is 0 Å². The van der Waals surface area contributed by atoms with Gasteiger partial charge in [0.05, 0.1) is 10.6 Å². The van der Waals surface area contributed by atoms with E-state index >= 15 is 0 Å². The Labute approximate surface area is 120 Å². The van der Waals surface area contributed by atoms with Crippen molar-refractivity contribution in [1.82, 2.24) is 5.43 Å². The van der Waals surface area contributed by atoms with Crippen molar-refractivity contribution in [3.05, 3.63) is 21.9 Å². The van der Waals surface area contributed by atoms with Crippen LogP contribution in [0.4, 0.5) is 0 Å². The standard InChI is InChI=1S/C15H24N2OS/c1-4-5-6-7-8-9-15(18)17-16-13(3)14-11-10-12(2)19-14/h10-11H,4-9H2,1-3H3,(H,17,18). The Morgan fingerprint density at radius 2 is 2.00 bits per heavy atom. The Kier molecular flexibility index (Phi) is 7.41. The number of aryl methyl sites for hydroxylation is 1. The van der Waals surface area contributed by atoms with Crippen LogP contribution in [0, 0.1) is 6.92 Å². The van der Waals surface area contributed by atoms with Crippen molar-refractivity contribution in [3.63, 3.8) is 0 Å². The number of hydrazone groups is 1. The van der Waals surface area contributed by atoms with E-state index in [9.17, 15) is 4.79 Å². The third kappa shape index (κ3) is 6.53. The molecule has 1 amide bonds. The fourth-order valence-electron chi connectivity index (χ4n) is 1.78. The first-order valence-electron chi connectivity index (χ1n) is 7.03. The van der Waals surface area contributed by atoms with Crippen molar-refractivity contribution in [2.45, 2.75) is 59.3 Å². The van der Waals surface area contributed by atoms with E-state index in [0.29, 0.717) is 6.42 Å². The summed E-state index contributed by atoms with van der Waals surface area (Å²) in [7, 11) is 0. The van der Waals surface area contributed by atoms with E-state index in [1.807, 2.05) is 13.0 Å². The Morgan fingerprint density at radius 3 is 2.63 bits per heavy atom. The van der Waals surface area contributed by atoms with Gasteiger partial charge in [0.1, 0.15) is 0 Å². The van der Waals surface area contributed by atoms with E-state index in [4.69, 9.17) is 0 Å². The second kappa shape index (κ2) is 8.86. The van der Waals surface area contributed by atoms with Crippen molar-refractivity contribution in [2.75, 3.05) is 0 Å². The zero-order valence-electron chi connectivity index (χ0n) is 12.2. The van der Waals surface area contributed by atoms with Gasteiger partial charge in [-0.25, -0.2) is 5.43 Å². The first kappa shape index (κ1) is 15.9. The summed E-state index contributed by atoms with van der Waals surface area (Å²) < 4.78 is 0. The molecule has 1 N–H and O–H groups in total. The molecule has 0 aromatic carbocycles. The summed E-state index contributed by atoms with van der Waals surface area (Å²) in [6.07, 6.45) is 6.38. The van der Waals surface area contributed by atoms with Gasteiger partial charge in [0.2, 0.25) is 5.91 Å². The molecule has 1 aromatic rings. The summed E-state index contributed by atoms with van der Waals surface area (Å²) in [5.74, 6) is 0.0177. The SMILES string of the molecule is CCCCCCCC(=O)NN=C(C)c1ccc(C)s1. The molecule has 19 heavy (non-hydrogen) atoms. The van der Waals surface area contributed by atoms with E-state index in [1.165, 1.54) is 24.1 Å². The molecular formula is C15H24N2OS. The molecule has 0 aliphatic rings. The number of hydrogen-bond acceptors (Lipinski definition) is 3. The lowest BCUT2D eigenvalue weighted by Gasteiger charge is -2.01. The van der Waals surface area contributed by atoms with Gasteiger partial charge in [-0.15, -0.1) is 11.3 Å². The van der Waals surface area contributed by atoms with Crippen molar-refractivity contribution >= 4 is 23.0 Å². The molecule has 3 nitrogen and oxygen atoms in total. The topological polar surface area (TPSA) is 41.5 Å². The third-order valence-corrected chi connectivity index (χ3v) is 4.06. The molecule has 0 saturated heterocycles. The lowest BCUT2D eigenvalue weighted by Crippen LogP contribution is -2.18. The summed E-state index contributed by atoms with van der Waals surface area (Å²) >= 11 is 1.69. The predicted octanol–water partition coefficient (Wildman–Crippen LogP) is 4.26. The molecule has 1 rings (SSSR count). The lowest BCUT2D eigenvalue weighted by atomic mass is 10.1. The van der Waals surface area contributed by atoms with E-state index in [1.54, 1.807) is 11.3 Å². The van der Waals surface area contributed by atoms with Gasteiger partial charge in [0.25, 0.3) is 0 Å². The van der Waals surface area contributed by atoms with Crippen LogP contribution in [0.3, 0.4) is 0 Å². The summed E-state index contributed by atoms with van der Waals surface area (Å²) in [6.45, 7) is 6.18. The summed E-state index contributed by atoms with van der Waals surface area (Å²) in [5.41, 5.74) is 3.51. The van der Waals surface area contributed by atoms with Crippen molar-refractivity contribution < 1.29 is 4.79 Å². The van der Waals surface area contributed by atoms with Gasteiger partial charge in [-0.05, 0) is 32.4 Å². The lowest BCUT2D eigenvalue weighted by molar-refractivity contribution is -0.121. The highest BCUT2D eigenvalue weighted by molar-refractivity contribution is 7.14. The smallest absolute Gasteiger partial charge is 0.240 e. The molecule has 0 spiro atoms. The number of thiophene rings is 1. The number of nitrogens with zero attached hydrogens (tertiary/aromatic N) is 1. The normalized spacial score (nSPS) is 11.6. The maximum Gasteiger partial charge on any atom is 0.240 e. The highest BCUT2D eigenvalue weighted by Crippen LogP contribution is 2.15. The quantitative estimate of drug-likeness (QED) is 0.431. The molecule has 0 atom stereocenters. The van der Waals surface area contributed by atoms with Crippen LogP contribution in [0.15, 0.2) is 17.2 Å². The fourth-order valence-corrected chi connectivity index (χ4v) is 2.59. The Morgan fingerprint density at radius 1 is 1.26 bits per heavy atom. The predicted molar refractivity (Wildman–Crippen MR) is 82.8 cm³/mol. The zero-order valence-corrected chi connectivity index (χ0v) is 13.0. The third-order valence-electron chi connectivity index (χ3n) is 2.95. The van der Waals surface area contributed by atoms with Crippen LogP contribution in [-0.4, -0.2) is 11.6 Å². The maximum atomic E-state index is 11.6. The highest BCUT2D eigenvalue weighted by atomic mass is 32.1. The molecule has 0 bridgehead atoms. The van der Waals surface area contributed by atoms with Crippen LogP contribution in [0.2, 0.25) is 0 Å². The van der Waals surface area contributed by atoms with Gasteiger partial charge in [0, 0.05) is 11.3 Å². The minimum atomic E-state index is 0.0177. The number of nitrogens with one attached hydrogen (secondary N) is 1. The average molecular weight is 280 g/mol. The van der Waals surface area contributed by atoms with Crippen LogP contribution >= 0.6 is 11.3 Å². The number of hydrogen-bond donors (Lipinski definition) is 1. The Bertz CT molecular complexity index is 424. The Balaban J connectivity index is 2.25. The first-order valence-corrected chi connectivity index (χ1v) is 7.85. The van der Waals surface area contributed by atoms with Crippen LogP contribution in [0.25, 0.3) is 0 Å². The first-order chi connectivity index (χ1) is 9.13. The number of unbranched alkanes of at least 4 members (excludes halogenated alkanes) is 4. The summed E-state index contributed by atoms with van der Waals surface area (Å²) in [6, 6.07) is 4.10. The number of amides is 1. The molecular weight excluding hydrogens is 256 g/mol. The molecule has 0 aliphatic heterocycles. The minimum absolute atomic E-state index is 0.0177. The van der Waals surface area contributed by atoms with Crippen LogP contribution in [0.1, 0.15) is 62.1 Å². The monoisotopic (exact) mass is 280 g/mol. The van der Waals surface area contributed by atoms with Crippen LogP contribution in [0.5, 0.6) is 0 Å². The van der Waals surface area contributed by atoms with Gasteiger partial charge >= 0.3 is 0 Å². The van der Waals surface area contributed by atoms with Crippen molar-refractivity contribution in [1.29, 1.82) is 0 Å². The van der Waals surface area contributed by atoms with Gasteiger partial charge in [-0.1, -0.05) is 32.6 Å². The maximum absolute atomic E-state index is 11.6. The zero-order chi connectivity index (χ0) is 14.1. The van der Waals surface area contributed by atoms with Crippen molar-refractivity contribution in [3.8, 4) is 0 Å². The van der Waals surface area contributed by atoms with E-state index in [2.05, 4.69) is 30.4 Å². The molecule has 0 aliphatic carbocycles. The molecule has 0 unspecified atom stereocenters. The second-order valence-electron chi connectivity index (χ2n) is 4.81. The second-order valence-corrected chi connectivity index (χ2v) is 6.09. The van der Waals surface area contributed by atoms with Crippen molar-refractivity contribution in [2.24, 2.45) is 5.10 Å². The van der Waals surface area contributed by atoms with Gasteiger partial charge in [-0.2, -0.15) is 5.10 Å². The summed E-state index contributed by atoms with van der Waals surface area (Å²) in [4.78, 5) is 14.0. The molecule has 0 saturated carbocycles. The van der Waals surface area contributed by atoms with Gasteiger partial charge in [-0.3, -0.25) is 4.79 Å². The van der Waals surface area contributed by atoms with E-state index < -0.39 is 0 Å². The average Bonchev–Trinajstić information content (AvgIpc) is 2.82. The number of rotatable bonds is 8. The van der Waals surface area contributed by atoms with E-state index in [0.717, 1.165) is 23.4 Å². The number of carbonyl (C=O) groups is 1. The van der Waals surface area contributed by atoms with Gasteiger partial charge in [0.15, 0.2) is 0 Å². The number of carbonyl (C=O) groups excluding carboxylic acids is 1. The molecule has 106 valence electrons. The molecule has 1 aromatic heterocycles. The fraction of sp³-hybridized carbons (Fsp3) is 0.600. The van der Waals surface area contributed by atoms with Crippen LogP contribution < -0.4 is 5.43 Å². The molecule has 4 heteroatoms.